The highest BCUT2D eigenvalue weighted by Crippen LogP contribution is 2.29. The smallest absolute Gasteiger partial charge is 0.262 e. The summed E-state index contributed by atoms with van der Waals surface area (Å²) in [6, 6.07) is 11.6. The number of ether oxygens (including phenoxy) is 2. The van der Waals surface area contributed by atoms with Crippen LogP contribution < -0.4 is 14.8 Å². The first-order chi connectivity index (χ1) is 9.69. The van der Waals surface area contributed by atoms with Crippen molar-refractivity contribution >= 4 is 0 Å². The molecule has 0 radical (unpaired) electrons. The van der Waals surface area contributed by atoms with Crippen LogP contribution >= 0.6 is 0 Å². The number of rotatable bonds is 6. The lowest BCUT2D eigenvalue weighted by molar-refractivity contribution is 0.231. The van der Waals surface area contributed by atoms with E-state index in [-0.39, 0.29) is 6.10 Å². The topological polar surface area (TPSA) is 43.4 Å². The van der Waals surface area contributed by atoms with Gasteiger partial charge in [0.25, 0.3) is 5.88 Å². The fraction of sp³-hybridized carbons (Fsp3) is 0.312. The molecule has 106 valence electrons. The summed E-state index contributed by atoms with van der Waals surface area (Å²) in [6.45, 7) is 4.75. The van der Waals surface area contributed by atoms with Crippen molar-refractivity contribution in [2.75, 3.05) is 7.05 Å². The van der Waals surface area contributed by atoms with E-state index < -0.39 is 0 Å². The average Bonchev–Trinajstić information content (AvgIpc) is 2.41. The van der Waals surface area contributed by atoms with Crippen LogP contribution in [0.1, 0.15) is 19.4 Å². The minimum absolute atomic E-state index is 0.0807. The molecule has 20 heavy (non-hydrogen) atoms. The zero-order valence-electron chi connectivity index (χ0n) is 12.1. The van der Waals surface area contributed by atoms with Crippen LogP contribution in [0, 0.1) is 0 Å². The molecule has 0 fully saturated rings. The van der Waals surface area contributed by atoms with Gasteiger partial charge in [0.2, 0.25) is 0 Å². The molecular weight excluding hydrogens is 252 g/mol. The fourth-order valence-electron chi connectivity index (χ4n) is 1.83. The number of hydrogen-bond acceptors (Lipinski definition) is 4. The normalized spacial score (nSPS) is 10.6. The number of nitrogens with one attached hydrogen (secondary N) is 1. The minimum atomic E-state index is 0.0807. The van der Waals surface area contributed by atoms with Gasteiger partial charge in [-0.15, -0.1) is 0 Å². The van der Waals surface area contributed by atoms with Crippen molar-refractivity contribution in [1.29, 1.82) is 0 Å². The van der Waals surface area contributed by atoms with Gasteiger partial charge in [-0.25, -0.2) is 4.98 Å². The molecule has 0 aliphatic rings. The summed E-state index contributed by atoms with van der Waals surface area (Å²) in [6.07, 6.45) is 1.78. The molecule has 0 atom stereocenters. The molecule has 1 aromatic carbocycles. The number of pyridine rings is 1. The predicted octanol–water partition coefficient (Wildman–Crippen LogP) is 3.38. The van der Waals surface area contributed by atoms with Gasteiger partial charge < -0.3 is 14.8 Å². The predicted molar refractivity (Wildman–Crippen MR) is 79.3 cm³/mol. The Labute approximate surface area is 119 Å². The highest BCUT2D eigenvalue weighted by atomic mass is 16.5. The molecular formula is C16H20N2O2. The molecule has 2 rings (SSSR count). The van der Waals surface area contributed by atoms with Gasteiger partial charge in [0.15, 0.2) is 5.75 Å². The Bertz CT molecular complexity index is 556. The maximum atomic E-state index is 5.83. The van der Waals surface area contributed by atoms with Gasteiger partial charge in [0.05, 0.1) is 6.10 Å². The van der Waals surface area contributed by atoms with Crippen LogP contribution in [0.5, 0.6) is 17.4 Å². The lowest BCUT2D eigenvalue weighted by Gasteiger charge is -2.13. The van der Waals surface area contributed by atoms with Gasteiger partial charge in [-0.05, 0) is 50.7 Å². The molecule has 0 spiro atoms. The quantitative estimate of drug-likeness (QED) is 0.875. The maximum Gasteiger partial charge on any atom is 0.262 e. The summed E-state index contributed by atoms with van der Waals surface area (Å²) in [7, 11) is 1.92. The van der Waals surface area contributed by atoms with Crippen LogP contribution in [-0.2, 0) is 6.54 Å². The van der Waals surface area contributed by atoms with Gasteiger partial charge in [-0.2, -0.15) is 0 Å². The summed E-state index contributed by atoms with van der Waals surface area (Å²) in [5.41, 5.74) is 1.16. The fourth-order valence-corrected chi connectivity index (χ4v) is 1.83. The Kier molecular flexibility index (Phi) is 4.96. The summed E-state index contributed by atoms with van der Waals surface area (Å²) in [5, 5.41) is 3.12. The summed E-state index contributed by atoms with van der Waals surface area (Å²) in [5.74, 6) is 1.90. The number of hydrogen-bond donors (Lipinski definition) is 1. The number of benzene rings is 1. The van der Waals surface area contributed by atoms with Gasteiger partial charge in [-0.1, -0.05) is 12.1 Å². The molecule has 0 bridgehead atoms. The Morgan fingerprint density at radius 3 is 2.80 bits per heavy atom. The molecule has 0 saturated heterocycles. The van der Waals surface area contributed by atoms with Crippen molar-refractivity contribution in [3.05, 3.63) is 48.2 Å². The van der Waals surface area contributed by atoms with E-state index in [0.717, 1.165) is 17.9 Å². The van der Waals surface area contributed by atoms with Crippen molar-refractivity contribution in [3.63, 3.8) is 0 Å². The molecule has 2 aromatic rings. The highest BCUT2D eigenvalue weighted by Gasteiger charge is 2.09. The monoisotopic (exact) mass is 272 g/mol. The Morgan fingerprint density at radius 1 is 1.20 bits per heavy atom. The zero-order chi connectivity index (χ0) is 14.4. The van der Waals surface area contributed by atoms with E-state index in [1.54, 1.807) is 6.20 Å². The maximum absolute atomic E-state index is 5.83. The number of nitrogens with zero attached hydrogens (tertiary/aromatic N) is 1. The SMILES string of the molecule is CNCc1cccc(Oc2ncccc2OC(C)C)c1. The summed E-state index contributed by atoms with van der Waals surface area (Å²) in [4.78, 5) is 4.24. The third-order valence-electron chi connectivity index (χ3n) is 2.59. The largest absolute Gasteiger partial charge is 0.485 e. The first kappa shape index (κ1) is 14.3. The van der Waals surface area contributed by atoms with E-state index in [1.165, 1.54) is 0 Å². The second-order valence-corrected chi connectivity index (χ2v) is 4.75. The lowest BCUT2D eigenvalue weighted by Crippen LogP contribution is -2.07. The first-order valence-electron chi connectivity index (χ1n) is 6.72. The van der Waals surface area contributed by atoms with E-state index in [0.29, 0.717) is 11.6 Å². The summed E-state index contributed by atoms with van der Waals surface area (Å²) >= 11 is 0. The van der Waals surface area contributed by atoms with E-state index in [1.807, 2.05) is 57.3 Å². The van der Waals surface area contributed by atoms with E-state index in [9.17, 15) is 0 Å². The third-order valence-corrected chi connectivity index (χ3v) is 2.59. The molecule has 1 heterocycles. The second-order valence-electron chi connectivity index (χ2n) is 4.75. The lowest BCUT2D eigenvalue weighted by atomic mass is 10.2. The zero-order valence-corrected chi connectivity index (χ0v) is 12.1. The Hall–Kier alpha value is -2.07. The standard InChI is InChI=1S/C16H20N2O2/c1-12(2)19-15-8-5-9-18-16(15)20-14-7-4-6-13(10-14)11-17-3/h4-10,12,17H,11H2,1-3H3. The van der Waals surface area contributed by atoms with Gasteiger partial charge in [0, 0.05) is 12.7 Å². The van der Waals surface area contributed by atoms with Gasteiger partial charge in [0.1, 0.15) is 5.75 Å². The van der Waals surface area contributed by atoms with Crippen LogP contribution in [0.15, 0.2) is 42.6 Å². The molecule has 4 heteroatoms. The van der Waals surface area contributed by atoms with E-state index in [4.69, 9.17) is 9.47 Å². The van der Waals surface area contributed by atoms with Crippen LogP contribution in [0.2, 0.25) is 0 Å². The Balaban J connectivity index is 2.19. The van der Waals surface area contributed by atoms with Crippen LogP contribution in [0.4, 0.5) is 0 Å². The second kappa shape index (κ2) is 6.91. The van der Waals surface area contributed by atoms with Gasteiger partial charge >= 0.3 is 0 Å². The third kappa shape index (κ3) is 3.96. The van der Waals surface area contributed by atoms with Crippen molar-refractivity contribution in [2.45, 2.75) is 26.5 Å². The molecule has 0 saturated carbocycles. The minimum Gasteiger partial charge on any atom is -0.485 e. The van der Waals surface area contributed by atoms with Crippen LogP contribution in [-0.4, -0.2) is 18.1 Å². The van der Waals surface area contributed by atoms with Crippen molar-refractivity contribution in [1.82, 2.24) is 10.3 Å². The number of aromatic nitrogens is 1. The summed E-state index contributed by atoms with van der Waals surface area (Å²) < 4.78 is 11.5. The molecule has 1 aromatic heterocycles. The molecule has 0 aliphatic heterocycles. The first-order valence-corrected chi connectivity index (χ1v) is 6.72. The van der Waals surface area contributed by atoms with Gasteiger partial charge in [-0.3, -0.25) is 0 Å². The highest BCUT2D eigenvalue weighted by molar-refractivity contribution is 5.38. The molecule has 0 amide bonds. The van der Waals surface area contributed by atoms with Crippen LogP contribution in [0.3, 0.4) is 0 Å². The van der Waals surface area contributed by atoms with E-state index >= 15 is 0 Å². The van der Waals surface area contributed by atoms with Crippen molar-refractivity contribution in [2.24, 2.45) is 0 Å². The van der Waals surface area contributed by atoms with Crippen molar-refractivity contribution < 1.29 is 9.47 Å². The van der Waals surface area contributed by atoms with Crippen LogP contribution in [0.25, 0.3) is 0 Å². The molecule has 1 N–H and O–H groups in total. The molecule has 0 aliphatic carbocycles. The molecule has 0 unspecified atom stereocenters. The molecule has 4 nitrogen and oxygen atoms in total. The average molecular weight is 272 g/mol. The van der Waals surface area contributed by atoms with Crippen molar-refractivity contribution in [3.8, 4) is 17.4 Å². The Morgan fingerprint density at radius 2 is 2.05 bits per heavy atom. The van der Waals surface area contributed by atoms with E-state index in [2.05, 4.69) is 10.3 Å².